The highest BCUT2D eigenvalue weighted by Crippen LogP contribution is 2.24. The Morgan fingerprint density at radius 1 is 1.06 bits per heavy atom. The maximum Gasteiger partial charge on any atom is 0.254 e. The van der Waals surface area contributed by atoms with Gasteiger partial charge in [-0.15, -0.1) is 0 Å². The number of carbonyl (C=O) groups is 3. The van der Waals surface area contributed by atoms with Crippen LogP contribution in [0, 0.1) is 5.92 Å². The van der Waals surface area contributed by atoms with Gasteiger partial charge in [0, 0.05) is 44.2 Å². The monoisotopic (exact) mass is 444 g/mol. The number of aliphatic hydroxyl groups is 1. The van der Waals surface area contributed by atoms with Crippen LogP contribution in [-0.2, 0) is 9.59 Å². The lowest BCUT2D eigenvalue weighted by molar-refractivity contribution is -0.133. The summed E-state index contributed by atoms with van der Waals surface area (Å²) in [6.45, 7) is 5.24. The van der Waals surface area contributed by atoms with Crippen molar-refractivity contribution in [2.45, 2.75) is 44.8 Å². The van der Waals surface area contributed by atoms with Crippen LogP contribution < -0.4 is 5.32 Å². The fourth-order valence-corrected chi connectivity index (χ4v) is 4.58. The Morgan fingerprint density at radius 3 is 2.28 bits per heavy atom. The van der Waals surface area contributed by atoms with Gasteiger partial charge in [0.15, 0.2) is 0 Å². The first kappa shape index (κ1) is 24.2. The van der Waals surface area contributed by atoms with Crippen molar-refractivity contribution >= 4 is 17.7 Å². The predicted molar refractivity (Wildman–Crippen MR) is 122 cm³/mol. The number of piperidine rings is 2. The van der Waals surface area contributed by atoms with Crippen LogP contribution >= 0.6 is 0 Å². The number of carbonyl (C=O) groups excluding carboxylic acids is 3. The van der Waals surface area contributed by atoms with Crippen LogP contribution in [0.2, 0.25) is 0 Å². The molecule has 1 atom stereocenters. The zero-order valence-electron chi connectivity index (χ0n) is 19.2. The van der Waals surface area contributed by atoms with Gasteiger partial charge in [0.2, 0.25) is 11.8 Å². The molecule has 8 nitrogen and oxygen atoms in total. The van der Waals surface area contributed by atoms with E-state index in [1.54, 1.807) is 26.1 Å². The molecule has 2 N–H and O–H groups in total. The highest BCUT2D eigenvalue weighted by molar-refractivity contribution is 5.96. The molecule has 1 aromatic carbocycles. The first-order valence-electron chi connectivity index (χ1n) is 11.6. The van der Waals surface area contributed by atoms with Crippen molar-refractivity contribution in [1.29, 1.82) is 0 Å². The lowest BCUT2D eigenvalue weighted by Crippen LogP contribution is -2.51. The number of nitrogens with zero attached hydrogens (tertiary/aromatic N) is 3. The molecular weight excluding hydrogens is 408 g/mol. The van der Waals surface area contributed by atoms with Gasteiger partial charge in [0.05, 0.1) is 12.6 Å². The van der Waals surface area contributed by atoms with Gasteiger partial charge in [-0.1, -0.05) is 18.2 Å². The molecule has 3 amide bonds. The number of aliphatic hydroxyl groups excluding tert-OH is 1. The van der Waals surface area contributed by atoms with Crippen LogP contribution in [0.5, 0.6) is 0 Å². The molecule has 3 rings (SSSR count). The average Bonchev–Trinajstić information content (AvgIpc) is 2.82. The highest BCUT2D eigenvalue weighted by atomic mass is 16.3. The van der Waals surface area contributed by atoms with Crippen LogP contribution in [0.3, 0.4) is 0 Å². The van der Waals surface area contributed by atoms with Crippen molar-refractivity contribution in [3.8, 4) is 0 Å². The average molecular weight is 445 g/mol. The van der Waals surface area contributed by atoms with Gasteiger partial charge < -0.3 is 25.1 Å². The summed E-state index contributed by atoms with van der Waals surface area (Å²) in [5.74, 6) is -0.0950. The zero-order valence-corrected chi connectivity index (χ0v) is 19.2. The van der Waals surface area contributed by atoms with Crippen molar-refractivity contribution in [3.63, 3.8) is 0 Å². The number of likely N-dealkylation sites (tertiary alicyclic amines) is 2. The largest absolute Gasteiger partial charge is 0.392 e. The minimum atomic E-state index is -0.525. The first-order valence-corrected chi connectivity index (χ1v) is 11.6. The van der Waals surface area contributed by atoms with Gasteiger partial charge >= 0.3 is 0 Å². The molecule has 2 aliphatic heterocycles. The predicted octanol–water partition coefficient (Wildman–Crippen LogP) is 0.959. The summed E-state index contributed by atoms with van der Waals surface area (Å²) in [5.41, 5.74) is 0.587. The molecule has 176 valence electrons. The molecule has 8 heteroatoms. The summed E-state index contributed by atoms with van der Waals surface area (Å²) in [5, 5.41) is 12.1. The van der Waals surface area contributed by atoms with Crippen LogP contribution in [0.1, 0.15) is 43.0 Å². The maximum atomic E-state index is 12.7. The third-order valence-electron chi connectivity index (χ3n) is 6.55. The van der Waals surface area contributed by atoms with Gasteiger partial charge in [-0.3, -0.25) is 14.4 Å². The number of amides is 3. The van der Waals surface area contributed by atoms with E-state index >= 15 is 0 Å². The highest BCUT2D eigenvalue weighted by Gasteiger charge is 2.32. The number of benzene rings is 1. The fraction of sp³-hybridized carbons (Fsp3) is 0.625. The minimum absolute atomic E-state index is 0.0104. The normalized spacial score (nSPS) is 19.4. The third-order valence-corrected chi connectivity index (χ3v) is 6.55. The Hall–Kier alpha value is -2.45. The molecule has 0 aromatic heterocycles. The molecule has 0 aliphatic carbocycles. The molecule has 32 heavy (non-hydrogen) atoms. The van der Waals surface area contributed by atoms with Gasteiger partial charge in [-0.05, 0) is 57.8 Å². The van der Waals surface area contributed by atoms with E-state index in [1.165, 1.54) is 4.90 Å². The van der Waals surface area contributed by atoms with Crippen LogP contribution in [0.4, 0.5) is 0 Å². The quantitative estimate of drug-likeness (QED) is 0.654. The number of rotatable bonds is 7. The van der Waals surface area contributed by atoms with Crippen molar-refractivity contribution < 1.29 is 19.5 Å². The van der Waals surface area contributed by atoms with Gasteiger partial charge in [0.25, 0.3) is 5.91 Å². The SMILES string of the molecule is CC(O)CNC(=O)C1CCN(C2CCN(C(=O)CN(C)C(=O)c3ccccc3)CC2)CC1. The Kier molecular flexibility index (Phi) is 8.64. The molecule has 0 spiro atoms. The van der Waals surface area contributed by atoms with Crippen LogP contribution in [0.25, 0.3) is 0 Å². The lowest BCUT2D eigenvalue weighted by atomic mass is 9.92. The molecule has 0 saturated carbocycles. The zero-order chi connectivity index (χ0) is 23.1. The smallest absolute Gasteiger partial charge is 0.254 e. The van der Waals surface area contributed by atoms with Crippen LogP contribution in [-0.4, -0.2) is 96.0 Å². The molecule has 0 radical (unpaired) electrons. The molecule has 2 saturated heterocycles. The first-order chi connectivity index (χ1) is 15.3. The Bertz CT molecular complexity index is 769. The minimum Gasteiger partial charge on any atom is -0.392 e. The van der Waals surface area contributed by atoms with Crippen molar-refractivity contribution in [2.75, 3.05) is 46.3 Å². The summed E-state index contributed by atoms with van der Waals surface area (Å²) >= 11 is 0. The van der Waals surface area contributed by atoms with Crippen molar-refractivity contribution in [2.24, 2.45) is 5.92 Å². The number of nitrogens with one attached hydrogen (secondary N) is 1. The number of hydrogen-bond acceptors (Lipinski definition) is 5. The topological polar surface area (TPSA) is 93.2 Å². The van der Waals surface area contributed by atoms with E-state index in [-0.39, 0.29) is 30.2 Å². The Morgan fingerprint density at radius 2 is 1.69 bits per heavy atom. The second-order valence-corrected chi connectivity index (χ2v) is 9.04. The van der Waals surface area contributed by atoms with E-state index < -0.39 is 6.10 Å². The van der Waals surface area contributed by atoms with Gasteiger partial charge in [0.1, 0.15) is 0 Å². The van der Waals surface area contributed by atoms with E-state index in [4.69, 9.17) is 0 Å². The maximum absolute atomic E-state index is 12.7. The van der Waals surface area contributed by atoms with Crippen molar-refractivity contribution in [3.05, 3.63) is 35.9 Å². The summed E-state index contributed by atoms with van der Waals surface area (Å²) in [7, 11) is 1.67. The van der Waals surface area contributed by atoms with Gasteiger partial charge in [-0.2, -0.15) is 0 Å². The van der Waals surface area contributed by atoms with E-state index in [1.807, 2.05) is 23.1 Å². The standard InChI is InChI=1S/C24H36N4O4/c1-18(29)16-25-23(31)19-8-12-27(13-9-19)21-10-14-28(15-11-21)22(30)17-26(2)24(32)20-6-4-3-5-7-20/h3-7,18-19,21,29H,8-17H2,1-2H3,(H,25,31). The number of likely N-dealkylation sites (N-methyl/N-ethyl adjacent to an activating group) is 1. The van der Waals surface area contributed by atoms with E-state index in [0.29, 0.717) is 31.2 Å². The summed E-state index contributed by atoms with van der Waals surface area (Å²) in [6, 6.07) is 9.45. The van der Waals surface area contributed by atoms with Gasteiger partial charge in [-0.25, -0.2) is 0 Å². The summed E-state index contributed by atoms with van der Waals surface area (Å²) in [6.07, 6.45) is 2.97. The van der Waals surface area contributed by atoms with Crippen molar-refractivity contribution in [1.82, 2.24) is 20.0 Å². The summed E-state index contributed by atoms with van der Waals surface area (Å²) in [4.78, 5) is 43.2. The third kappa shape index (κ3) is 6.53. The summed E-state index contributed by atoms with van der Waals surface area (Å²) < 4.78 is 0. The molecule has 2 aliphatic rings. The lowest BCUT2D eigenvalue weighted by Gasteiger charge is -2.41. The second-order valence-electron chi connectivity index (χ2n) is 9.04. The molecule has 2 heterocycles. The molecule has 1 aromatic rings. The second kappa shape index (κ2) is 11.4. The Balaban J connectivity index is 1.39. The van der Waals surface area contributed by atoms with Crippen LogP contribution in [0.15, 0.2) is 30.3 Å². The van der Waals surface area contributed by atoms with E-state index in [9.17, 15) is 19.5 Å². The molecule has 1 unspecified atom stereocenters. The van der Waals surface area contributed by atoms with E-state index in [2.05, 4.69) is 10.2 Å². The fourth-order valence-electron chi connectivity index (χ4n) is 4.58. The molecule has 2 fully saturated rings. The molecular formula is C24H36N4O4. The van der Waals surface area contributed by atoms with E-state index in [0.717, 1.165) is 38.8 Å². The number of hydrogen-bond donors (Lipinski definition) is 2. The Labute approximate surface area is 190 Å². The molecule has 0 bridgehead atoms.